The molecule has 0 saturated carbocycles. The Kier molecular flexibility index (Phi) is 6.35. The standard InChI is InChI=1S/C19H21N3O3/c1-13-18(14(2)25-22-13)10-11-19(24)20-12-4-5-16-6-8-17(9-7-16)21-15(3)23/h6-9H,10-12H2,1-3H3,(H,20,24)(H,21,23). The Hall–Kier alpha value is -3.07. The molecule has 2 N–H and O–H groups in total. The Morgan fingerprint density at radius 3 is 2.52 bits per heavy atom. The number of nitrogens with one attached hydrogen (secondary N) is 2. The highest BCUT2D eigenvalue weighted by Crippen LogP contribution is 2.14. The molecule has 6 nitrogen and oxygen atoms in total. The molecule has 2 aromatic rings. The van der Waals surface area contributed by atoms with E-state index in [1.165, 1.54) is 6.92 Å². The number of amides is 2. The Bertz CT molecular complexity index is 791. The van der Waals surface area contributed by atoms with E-state index in [0.717, 1.165) is 28.3 Å². The quantitative estimate of drug-likeness (QED) is 0.819. The van der Waals surface area contributed by atoms with Crippen LogP contribution >= 0.6 is 0 Å². The van der Waals surface area contributed by atoms with Crippen LogP contribution in [-0.4, -0.2) is 23.5 Å². The molecule has 130 valence electrons. The number of carbonyl (C=O) groups excluding carboxylic acids is 2. The number of aromatic nitrogens is 1. The van der Waals surface area contributed by atoms with Crippen molar-refractivity contribution in [3.05, 3.63) is 46.8 Å². The van der Waals surface area contributed by atoms with Gasteiger partial charge >= 0.3 is 0 Å². The zero-order valence-electron chi connectivity index (χ0n) is 14.6. The minimum atomic E-state index is -0.113. The van der Waals surface area contributed by atoms with Crippen molar-refractivity contribution >= 4 is 17.5 Å². The SMILES string of the molecule is CC(=O)Nc1ccc(C#CCNC(=O)CCc2c(C)noc2C)cc1. The van der Waals surface area contributed by atoms with Crippen molar-refractivity contribution < 1.29 is 14.1 Å². The van der Waals surface area contributed by atoms with E-state index in [2.05, 4.69) is 27.6 Å². The molecule has 6 heteroatoms. The summed E-state index contributed by atoms with van der Waals surface area (Å²) < 4.78 is 5.08. The molecule has 2 amide bonds. The molecule has 0 aliphatic rings. The lowest BCUT2D eigenvalue weighted by Gasteiger charge is -2.02. The number of benzene rings is 1. The van der Waals surface area contributed by atoms with Gasteiger partial charge in [0.15, 0.2) is 0 Å². The van der Waals surface area contributed by atoms with Crippen LogP contribution in [0.2, 0.25) is 0 Å². The van der Waals surface area contributed by atoms with Gasteiger partial charge in [0.05, 0.1) is 12.2 Å². The maximum Gasteiger partial charge on any atom is 0.221 e. The number of anilines is 1. The van der Waals surface area contributed by atoms with Crippen LogP contribution in [0.1, 0.15) is 35.9 Å². The summed E-state index contributed by atoms with van der Waals surface area (Å²) in [7, 11) is 0. The first kappa shape index (κ1) is 18.3. The summed E-state index contributed by atoms with van der Waals surface area (Å²) in [4.78, 5) is 22.8. The number of hydrogen-bond donors (Lipinski definition) is 2. The summed E-state index contributed by atoms with van der Waals surface area (Å²) in [5, 5.41) is 9.34. The van der Waals surface area contributed by atoms with Gasteiger partial charge in [-0.25, -0.2) is 0 Å². The predicted molar refractivity (Wildman–Crippen MR) is 94.9 cm³/mol. The Morgan fingerprint density at radius 2 is 1.92 bits per heavy atom. The molecule has 25 heavy (non-hydrogen) atoms. The minimum absolute atomic E-state index is 0.0599. The Morgan fingerprint density at radius 1 is 1.20 bits per heavy atom. The molecule has 0 spiro atoms. The molecule has 0 bridgehead atoms. The van der Waals surface area contributed by atoms with Crippen molar-refractivity contribution in [3.63, 3.8) is 0 Å². The van der Waals surface area contributed by atoms with Gasteiger partial charge in [0.25, 0.3) is 0 Å². The molecule has 0 radical (unpaired) electrons. The summed E-state index contributed by atoms with van der Waals surface area (Å²) in [5.74, 6) is 6.46. The fourth-order valence-corrected chi connectivity index (χ4v) is 2.31. The Balaban J connectivity index is 1.76. The van der Waals surface area contributed by atoms with Gasteiger partial charge in [-0.2, -0.15) is 0 Å². The zero-order chi connectivity index (χ0) is 18.2. The molecule has 0 fully saturated rings. The van der Waals surface area contributed by atoms with Crippen LogP contribution in [0.25, 0.3) is 0 Å². The third-order valence-corrected chi connectivity index (χ3v) is 3.60. The van der Waals surface area contributed by atoms with E-state index in [9.17, 15) is 9.59 Å². The van der Waals surface area contributed by atoms with Crippen LogP contribution < -0.4 is 10.6 Å². The molecule has 1 aromatic carbocycles. The molecule has 2 rings (SSSR count). The van der Waals surface area contributed by atoms with Crippen LogP contribution in [0.15, 0.2) is 28.8 Å². The molecular formula is C19H21N3O3. The van der Waals surface area contributed by atoms with E-state index in [1.54, 1.807) is 12.1 Å². The molecule has 1 heterocycles. The van der Waals surface area contributed by atoms with E-state index in [0.29, 0.717) is 12.8 Å². The maximum absolute atomic E-state index is 11.8. The van der Waals surface area contributed by atoms with Gasteiger partial charge in [-0.05, 0) is 44.5 Å². The second kappa shape index (κ2) is 8.69. The second-order valence-corrected chi connectivity index (χ2v) is 5.64. The lowest BCUT2D eigenvalue weighted by atomic mass is 10.1. The number of nitrogens with zero attached hydrogens (tertiary/aromatic N) is 1. The largest absolute Gasteiger partial charge is 0.361 e. The average Bonchev–Trinajstić information content (AvgIpc) is 2.89. The minimum Gasteiger partial charge on any atom is -0.361 e. The van der Waals surface area contributed by atoms with E-state index >= 15 is 0 Å². The van der Waals surface area contributed by atoms with E-state index in [1.807, 2.05) is 26.0 Å². The predicted octanol–water partition coefficient (Wildman–Crippen LogP) is 2.35. The normalized spacial score (nSPS) is 9.88. The summed E-state index contributed by atoms with van der Waals surface area (Å²) >= 11 is 0. The molecule has 1 aromatic heterocycles. The van der Waals surface area contributed by atoms with Gasteiger partial charge in [0.1, 0.15) is 5.76 Å². The number of hydrogen-bond acceptors (Lipinski definition) is 4. The van der Waals surface area contributed by atoms with Crippen LogP contribution in [-0.2, 0) is 16.0 Å². The third kappa shape index (κ3) is 5.81. The van der Waals surface area contributed by atoms with E-state index < -0.39 is 0 Å². The van der Waals surface area contributed by atoms with E-state index in [-0.39, 0.29) is 18.4 Å². The smallest absolute Gasteiger partial charge is 0.221 e. The zero-order valence-corrected chi connectivity index (χ0v) is 14.6. The number of aryl methyl sites for hydroxylation is 2. The van der Waals surface area contributed by atoms with Gasteiger partial charge in [-0.3, -0.25) is 9.59 Å². The lowest BCUT2D eigenvalue weighted by Crippen LogP contribution is -2.23. The highest BCUT2D eigenvalue weighted by atomic mass is 16.5. The van der Waals surface area contributed by atoms with Crippen molar-refractivity contribution in [1.82, 2.24) is 10.5 Å². The topological polar surface area (TPSA) is 84.2 Å². The number of carbonyl (C=O) groups is 2. The first-order chi connectivity index (χ1) is 12.0. The van der Waals surface area contributed by atoms with Gasteiger partial charge < -0.3 is 15.2 Å². The highest BCUT2D eigenvalue weighted by Gasteiger charge is 2.10. The first-order valence-corrected chi connectivity index (χ1v) is 8.00. The van der Waals surface area contributed by atoms with Crippen LogP contribution in [0.4, 0.5) is 5.69 Å². The highest BCUT2D eigenvalue weighted by molar-refractivity contribution is 5.88. The lowest BCUT2D eigenvalue weighted by molar-refractivity contribution is -0.120. The van der Waals surface area contributed by atoms with Gasteiger partial charge in [0.2, 0.25) is 11.8 Å². The molecule has 0 aliphatic carbocycles. The molecule has 0 saturated heterocycles. The van der Waals surface area contributed by atoms with Crippen molar-refractivity contribution in [2.24, 2.45) is 0 Å². The fraction of sp³-hybridized carbons (Fsp3) is 0.316. The van der Waals surface area contributed by atoms with Crippen molar-refractivity contribution in [1.29, 1.82) is 0 Å². The Labute approximate surface area is 147 Å². The molecule has 0 aliphatic heterocycles. The van der Waals surface area contributed by atoms with Crippen molar-refractivity contribution in [2.45, 2.75) is 33.6 Å². The van der Waals surface area contributed by atoms with Crippen molar-refractivity contribution in [2.75, 3.05) is 11.9 Å². The van der Waals surface area contributed by atoms with Gasteiger partial charge in [-0.15, -0.1) is 0 Å². The maximum atomic E-state index is 11.8. The van der Waals surface area contributed by atoms with Crippen LogP contribution in [0.3, 0.4) is 0 Å². The molecular weight excluding hydrogens is 318 g/mol. The monoisotopic (exact) mass is 339 g/mol. The summed E-state index contributed by atoms with van der Waals surface area (Å²) in [6.45, 7) is 5.46. The second-order valence-electron chi connectivity index (χ2n) is 5.64. The van der Waals surface area contributed by atoms with Crippen molar-refractivity contribution in [3.8, 4) is 11.8 Å². The van der Waals surface area contributed by atoms with Crippen LogP contribution in [0.5, 0.6) is 0 Å². The summed E-state index contributed by atoms with van der Waals surface area (Å²) in [6, 6.07) is 7.20. The third-order valence-electron chi connectivity index (χ3n) is 3.60. The van der Waals surface area contributed by atoms with Gasteiger partial charge in [0, 0.05) is 30.2 Å². The summed E-state index contributed by atoms with van der Waals surface area (Å²) in [6.07, 6.45) is 0.973. The van der Waals surface area contributed by atoms with Gasteiger partial charge in [-0.1, -0.05) is 17.0 Å². The number of rotatable bonds is 5. The molecule has 0 unspecified atom stereocenters. The van der Waals surface area contributed by atoms with Crippen LogP contribution in [0, 0.1) is 25.7 Å². The summed E-state index contributed by atoms with van der Waals surface area (Å²) in [5.41, 5.74) is 3.36. The fourth-order valence-electron chi connectivity index (χ4n) is 2.31. The average molecular weight is 339 g/mol. The first-order valence-electron chi connectivity index (χ1n) is 8.00. The molecule has 0 atom stereocenters. The van der Waals surface area contributed by atoms with E-state index in [4.69, 9.17) is 4.52 Å².